The minimum Gasteiger partial charge on any atom is -0.426 e. The zero-order chi connectivity index (χ0) is 18.4. The molecule has 2 bridgehead atoms. The van der Waals surface area contributed by atoms with E-state index in [0.717, 1.165) is 0 Å². The van der Waals surface area contributed by atoms with Gasteiger partial charge in [-0.05, 0) is 17.4 Å². The van der Waals surface area contributed by atoms with Crippen LogP contribution in [0.1, 0.15) is 31.7 Å². The van der Waals surface area contributed by atoms with Crippen LogP contribution < -0.4 is 9.47 Å². The van der Waals surface area contributed by atoms with Gasteiger partial charge in [0.25, 0.3) is 10.1 Å². The third kappa shape index (κ3) is 3.22. The average Bonchev–Trinajstić information content (AvgIpc) is 2.54. The molecule has 0 saturated carbocycles. The molecule has 25 heavy (non-hydrogen) atoms. The van der Waals surface area contributed by atoms with Crippen LogP contribution in [0.2, 0.25) is 0 Å². The van der Waals surface area contributed by atoms with Crippen LogP contribution in [-0.2, 0) is 19.7 Å². The molecule has 1 aliphatic rings. The van der Waals surface area contributed by atoms with Gasteiger partial charge >= 0.3 is 11.9 Å². The average molecular weight is 364 g/mol. The summed E-state index contributed by atoms with van der Waals surface area (Å²) >= 11 is 0. The molecule has 3 rings (SSSR count). The van der Waals surface area contributed by atoms with Crippen LogP contribution >= 0.6 is 0 Å². The molecule has 0 radical (unpaired) electrons. The highest BCUT2D eigenvalue weighted by Gasteiger charge is 2.38. The van der Waals surface area contributed by atoms with Crippen molar-refractivity contribution in [3.63, 3.8) is 0 Å². The molecule has 1 heterocycles. The van der Waals surface area contributed by atoms with Crippen LogP contribution in [0, 0.1) is 0 Å². The molecule has 0 amide bonds. The minimum absolute atomic E-state index is 0.136. The number of rotatable bonds is 2. The molecule has 132 valence electrons. The van der Waals surface area contributed by atoms with Gasteiger partial charge in [0.1, 0.15) is 11.5 Å². The van der Waals surface area contributed by atoms with Gasteiger partial charge in [-0.3, -0.25) is 14.1 Å². The Morgan fingerprint density at radius 1 is 1.16 bits per heavy atom. The molecule has 0 spiro atoms. The van der Waals surface area contributed by atoms with Gasteiger partial charge in [-0.25, -0.2) is 0 Å². The third-order valence-corrected chi connectivity index (χ3v) is 5.06. The van der Waals surface area contributed by atoms with Crippen molar-refractivity contribution in [3.8, 4) is 11.5 Å². The molecule has 0 fully saturated rings. The van der Waals surface area contributed by atoms with Crippen LogP contribution in [0.3, 0.4) is 0 Å². The second kappa shape index (κ2) is 6.12. The fourth-order valence-electron chi connectivity index (χ4n) is 2.84. The second-order valence-electron chi connectivity index (χ2n) is 6.10. The monoisotopic (exact) mass is 364 g/mol. The number of hydrogen-bond acceptors (Lipinski definition) is 6. The van der Waals surface area contributed by atoms with Gasteiger partial charge in [-0.15, -0.1) is 0 Å². The summed E-state index contributed by atoms with van der Waals surface area (Å²) in [5, 5.41) is -0.786. The van der Waals surface area contributed by atoms with Crippen molar-refractivity contribution in [2.75, 3.05) is 0 Å². The van der Waals surface area contributed by atoms with Crippen LogP contribution in [0.4, 0.5) is 0 Å². The number of esters is 2. The van der Waals surface area contributed by atoms with Crippen molar-refractivity contribution in [3.05, 3.63) is 35.9 Å². The van der Waals surface area contributed by atoms with Crippen molar-refractivity contribution < 1.29 is 32.0 Å². The third-order valence-electron chi connectivity index (χ3n) is 3.98. The lowest BCUT2D eigenvalue weighted by molar-refractivity contribution is -0.139. The first-order chi connectivity index (χ1) is 11.7. The summed E-state index contributed by atoms with van der Waals surface area (Å²) in [6.07, 6.45) is -0.829. The van der Waals surface area contributed by atoms with E-state index in [1.54, 1.807) is 30.3 Å². The lowest BCUT2D eigenvalue weighted by Crippen LogP contribution is -2.36. The summed E-state index contributed by atoms with van der Waals surface area (Å²) in [6.45, 7) is 3.66. The van der Waals surface area contributed by atoms with Crippen LogP contribution in [0.5, 0.6) is 11.5 Å². The summed E-state index contributed by atoms with van der Waals surface area (Å²) in [5.41, 5.74) is 0.483. The van der Waals surface area contributed by atoms with Crippen molar-refractivity contribution in [1.82, 2.24) is 0 Å². The molecule has 1 unspecified atom stereocenters. The maximum Gasteiger partial charge on any atom is 0.332 e. The maximum absolute atomic E-state index is 12.4. The standard InChI is InChI=1S/C17H16O7S/c1-9(2)15-12-7-10-5-3-4-6-11(10)16(15)24-17(19)13(25(20,21)22)8-14(18)23-12/h3-7,9,13H,8H2,1-2H3,(H,20,21,22). The molecule has 2 aromatic carbocycles. The van der Waals surface area contributed by atoms with Gasteiger partial charge in [0.2, 0.25) is 0 Å². The molecule has 7 nitrogen and oxygen atoms in total. The zero-order valence-electron chi connectivity index (χ0n) is 13.6. The number of fused-ring (bicyclic) bond motifs is 4. The molecule has 2 aromatic rings. The van der Waals surface area contributed by atoms with Crippen LogP contribution in [-0.4, -0.2) is 30.2 Å². The van der Waals surface area contributed by atoms with Crippen molar-refractivity contribution in [2.24, 2.45) is 0 Å². The van der Waals surface area contributed by atoms with Crippen molar-refractivity contribution >= 4 is 32.8 Å². The van der Waals surface area contributed by atoms with Crippen LogP contribution in [0.15, 0.2) is 30.3 Å². The van der Waals surface area contributed by atoms with E-state index in [-0.39, 0.29) is 17.4 Å². The predicted octanol–water partition coefficient (Wildman–Crippen LogP) is 2.43. The van der Waals surface area contributed by atoms with Gasteiger partial charge in [-0.2, -0.15) is 8.42 Å². The second-order valence-corrected chi connectivity index (χ2v) is 7.70. The Labute approximate surface area is 144 Å². The Hall–Kier alpha value is -2.45. The largest absolute Gasteiger partial charge is 0.426 e. The first-order valence-electron chi connectivity index (χ1n) is 7.62. The van der Waals surface area contributed by atoms with E-state index in [0.29, 0.717) is 16.3 Å². The van der Waals surface area contributed by atoms with Gasteiger partial charge in [0, 0.05) is 10.9 Å². The van der Waals surface area contributed by atoms with Crippen molar-refractivity contribution in [1.29, 1.82) is 0 Å². The smallest absolute Gasteiger partial charge is 0.332 e. The molecule has 1 N–H and O–H groups in total. The Morgan fingerprint density at radius 2 is 1.84 bits per heavy atom. The first-order valence-corrected chi connectivity index (χ1v) is 9.13. The van der Waals surface area contributed by atoms with Gasteiger partial charge in [0.05, 0.1) is 6.42 Å². The number of carbonyl (C=O) groups is 2. The predicted molar refractivity (Wildman–Crippen MR) is 89.3 cm³/mol. The van der Waals surface area contributed by atoms with Gasteiger partial charge in [-0.1, -0.05) is 38.1 Å². The van der Waals surface area contributed by atoms with E-state index >= 15 is 0 Å². The summed E-state index contributed by atoms with van der Waals surface area (Å²) in [7, 11) is -4.82. The van der Waals surface area contributed by atoms with Crippen LogP contribution in [0.25, 0.3) is 10.8 Å². The minimum atomic E-state index is -4.82. The lowest BCUT2D eigenvalue weighted by atomic mass is 9.96. The highest BCUT2D eigenvalue weighted by atomic mass is 32.2. The Bertz CT molecular complexity index is 976. The number of carbonyl (C=O) groups excluding carboxylic acids is 2. The summed E-state index contributed by atoms with van der Waals surface area (Å²) in [6, 6.07) is 8.64. The van der Waals surface area contributed by atoms with Gasteiger partial charge < -0.3 is 9.47 Å². The van der Waals surface area contributed by atoms with Crippen molar-refractivity contribution in [2.45, 2.75) is 31.4 Å². The molecule has 8 heteroatoms. The van der Waals surface area contributed by atoms with E-state index in [1.807, 2.05) is 13.8 Å². The number of hydrogen-bond donors (Lipinski definition) is 1. The fraction of sp³-hybridized carbons (Fsp3) is 0.294. The molecule has 0 saturated heterocycles. The van der Waals surface area contributed by atoms with Gasteiger partial charge in [0.15, 0.2) is 5.25 Å². The molecular formula is C17H16O7S. The summed E-state index contributed by atoms with van der Waals surface area (Å²) < 4.78 is 42.9. The molecule has 0 aliphatic carbocycles. The first kappa shape index (κ1) is 17.4. The summed E-state index contributed by atoms with van der Waals surface area (Å²) in [5.74, 6) is -1.98. The molecule has 0 aromatic heterocycles. The van der Waals surface area contributed by atoms with E-state index in [2.05, 4.69) is 0 Å². The zero-order valence-corrected chi connectivity index (χ0v) is 14.4. The Kier molecular flexibility index (Phi) is 4.26. The Balaban J connectivity index is 2.31. The molecule has 1 atom stereocenters. The lowest BCUT2D eigenvalue weighted by Gasteiger charge is -2.18. The molecule has 1 aliphatic heterocycles. The van der Waals surface area contributed by atoms with E-state index < -0.39 is 33.7 Å². The molecular weight excluding hydrogens is 348 g/mol. The topological polar surface area (TPSA) is 107 Å². The number of benzene rings is 2. The van der Waals surface area contributed by atoms with E-state index in [4.69, 9.17) is 9.47 Å². The van der Waals surface area contributed by atoms with E-state index in [1.165, 1.54) is 0 Å². The number of ether oxygens (including phenoxy) is 2. The Morgan fingerprint density at radius 3 is 2.48 bits per heavy atom. The highest BCUT2D eigenvalue weighted by Crippen LogP contribution is 2.42. The maximum atomic E-state index is 12.4. The highest BCUT2D eigenvalue weighted by molar-refractivity contribution is 7.87. The fourth-order valence-corrected chi connectivity index (χ4v) is 3.48. The normalized spacial score (nSPS) is 18.3. The quantitative estimate of drug-likeness (QED) is 0.495. The summed E-state index contributed by atoms with van der Waals surface area (Å²) in [4.78, 5) is 24.5. The van der Waals surface area contributed by atoms with E-state index in [9.17, 15) is 22.6 Å². The SMILES string of the molecule is CC(C)c1c2cc3ccccc3c1OC(=O)C(S(=O)(=O)O)CC(=O)O2.